The molecule has 0 unspecified atom stereocenters. The number of benzene rings is 1. The molecular weight excluding hydrogens is 345 g/mol. The lowest BCUT2D eigenvalue weighted by Gasteiger charge is -2.34. The van der Waals surface area contributed by atoms with E-state index < -0.39 is 6.17 Å². The first-order valence-corrected chi connectivity index (χ1v) is 9.16. The first kappa shape index (κ1) is 17.5. The molecule has 2 aromatic heterocycles. The topological polar surface area (TPSA) is 67.1 Å². The van der Waals surface area contributed by atoms with Gasteiger partial charge in [0.1, 0.15) is 11.9 Å². The van der Waals surface area contributed by atoms with E-state index in [2.05, 4.69) is 15.2 Å². The average Bonchev–Trinajstić information content (AvgIpc) is 3.23. The molecule has 1 saturated carbocycles. The van der Waals surface area contributed by atoms with Gasteiger partial charge in [0.15, 0.2) is 5.82 Å². The van der Waals surface area contributed by atoms with Crippen LogP contribution in [0.15, 0.2) is 49.1 Å². The Morgan fingerprint density at radius 1 is 1.15 bits per heavy atom. The lowest BCUT2D eigenvalue weighted by molar-refractivity contribution is 0.213. The van der Waals surface area contributed by atoms with E-state index in [4.69, 9.17) is 0 Å². The van der Waals surface area contributed by atoms with Gasteiger partial charge >= 0.3 is 0 Å². The van der Waals surface area contributed by atoms with Crippen molar-refractivity contribution in [1.82, 2.24) is 19.7 Å². The van der Waals surface area contributed by atoms with Gasteiger partial charge in [-0.15, -0.1) is 10.2 Å². The lowest BCUT2D eigenvalue weighted by Crippen LogP contribution is -2.41. The predicted octanol–water partition coefficient (Wildman–Crippen LogP) is 3.75. The number of rotatable bonds is 4. The highest BCUT2D eigenvalue weighted by molar-refractivity contribution is 5.69. The summed E-state index contributed by atoms with van der Waals surface area (Å²) in [5, 5.41) is 18.9. The van der Waals surface area contributed by atoms with Gasteiger partial charge in [0, 0.05) is 31.1 Å². The van der Waals surface area contributed by atoms with E-state index in [1.165, 1.54) is 0 Å². The summed E-state index contributed by atoms with van der Waals surface area (Å²) >= 11 is 0. The fourth-order valence-electron chi connectivity index (χ4n) is 3.64. The third kappa shape index (κ3) is 3.49. The van der Waals surface area contributed by atoms with Crippen molar-refractivity contribution in [3.63, 3.8) is 0 Å². The number of hydrogen-bond acceptors (Lipinski definition) is 5. The van der Waals surface area contributed by atoms with E-state index in [-0.39, 0.29) is 11.8 Å². The largest absolute Gasteiger partial charge is 0.507 e. The molecule has 0 spiro atoms. The lowest BCUT2D eigenvalue weighted by atomic mass is 9.92. The number of phenolic OH excluding ortho intramolecular Hbond substituents is 1. The maximum Gasteiger partial charge on any atom is 0.151 e. The summed E-state index contributed by atoms with van der Waals surface area (Å²) in [5.41, 5.74) is 1.98. The molecule has 3 aromatic rings. The molecule has 1 N–H and O–H groups in total. The number of nitrogens with zero attached hydrogens (tertiary/aromatic N) is 5. The van der Waals surface area contributed by atoms with Gasteiger partial charge in [0.2, 0.25) is 0 Å². The second-order valence-corrected chi connectivity index (χ2v) is 6.93. The van der Waals surface area contributed by atoms with Crippen LogP contribution >= 0.6 is 0 Å². The Morgan fingerprint density at radius 3 is 2.67 bits per heavy atom. The molecule has 7 heteroatoms. The highest BCUT2D eigenvalue weighted by Crippen LogP contribution is 2.31. The summed E-state index contributed by atoms with van der Waals surface area (Å²) in [6, 6.07) is 8.83. The quantitative estimate of drug-likeness (QED) is 0.761. The van der Waals surface area contributed by atoms with Crippen LogP contribution in [0.3, 0.4) is 0 Å². The van der Waals surface area contributed by atoms with E-state index >= 15 is 0 Å². The van der Waals surface area contributed by atoms with Crippen LogP contribution in [-0.4, -0.2) is 44.1 Å². The van der Waals surface area contributed by atoms with Crippen molar-refractivity contribution in [1.29, 1.82) is 0 Å². The van der Waals surface area contributed by atoms with Crippen LogP contribution in [0.25, 0.3) is 16.9 Å². The van der Waals surface area contributed by atoms with Crippen LogP contribution in [0.5, 0.6) is 5.75 Å². The van der Waals surface area contributed by atoms with Crippen LogP contribution in [0, 0.1) is 0 Å². The minimum Gasteiger partial charge on any atom is -0.507 e. The maximum atomic E-state index is 14.2. The number of imidazole rings is 1. The van der Waals surface area contributed by atoms with Gasteiger partial charge in [-0.3, -0.25) is 0 Å². The van der Waals surface area contributed by atoms with Crippen LogP contribution < -0.4 is 4.90 Å². The van der Waals surface area contributed by atoms with E-state index in [1.807, 2.05) is 34.8 Å². The molecule has 1 aliphatic carbocycles. The van der Waals surface area contributed by atoms with Crippen molar-refractivity contribution >= 4 is 5.82 Å². The molecule has 4 rings (SSSR count). The van der Waals surface area contributed by atoms with Crippen LogP contribution in [0.2, 0.25) is 0 Å². The average molecular weight is 367 g/mol. The van der Waals surface area contributed by atoms with Gasteiger partial charge in [-0.2, -0.15) is 0 Å². The summed E-state index contributed by atoms with van der Waals surface area (Å²) in [5.74, 6) is 0.760. The summed E-state index contributed by atoms with van der Waals surface area (Å²) in [7, 11) is 1.86. The van der Waals surface area contributed by atoms with E-state index in [9.17, 15) is 9.50 Å². The van der Waals surface area contributed by atoms with Gasteiger partial charge in [-0.25, -0.2) is 9.37 Å². The van der Waals surface area contributed by atoms with Crippen LogP contribution in [0.1, 0.15) is 25.7 Å². The van der Waals surface area contributed by atoms with Crippen molar-refractivity contribution in [2.45, 2.75) is 37.9 Å². The van der Waals surface area contributed by atoms with Gasteiger partial charge in [0.05, 0.1) is 23.8 Å². The van der Waals surface area contributed by atoms with Gasteiger partial charge in [-0.1, -0.05) is 12.8 Å². The van der Waals surface area contributed by atoms with E-state index in [0.29, 0.717) is 23.5 Å². The number of alkyl halides is 1. The Kier molecular flexibility index (Phi) is 4.75. The predicted molar refractivity (Wildman–Crippen MR) is 102 cm³/mol. The number of halogens is 1. The molecule has 1 aromatic carbocycles. The van der Waals surface area contributed by atoms with Crippen LogP contribution in [-0.2, 0) is 0 Å². The summed E-state index contributed by atoms with van der Waals surface area (Å²) in [6.07, 6.45) is 7.76. The highest BCUT2D eigenvalue weighted by Gasteiger charge is 2.29. The smallest absolute Gasteiger partial charge is 0.151 e. The molecule has 6 nitrogen and oxygen atoms in total. The Labute approximate surface area is 157 Å². The highest BCUT2D eigenvalue weighted by atomic mass is 19.1. The number of hydrogen-bond donors (Lipinski definition) is 1. The van der Waals surface area contributed by atoms with Crippen molar-refractivity contribution in [3.8, 4) is 22.7 Å². The molecule has 0 radical (unpaired) electrons. The standard InChI is InChI=1S/C20H22FN5O/c1-25(18-5-3-2-4-16(18)21)20-9-8-17(23-24-20)15-7-6-14(12-19(15)27)26-11-10-22-13-26/h6-13,16,18,27H,2-5H2,1H3/t16-,18-/m1/s1. The molecule has 1 aliphatic rings. The summed E-state index contributed by atoms with van der Waals surface area (Å²) in [4.78, 5) is 5.88. The van der Waals surface area contributed by atoms with Crippen molar-refractivity contribution in [2.75, 3.05) is 11.9 Å². The molecule has 2 atom stereocenters. The summed E-state index contributed by atoms with van der Waals surface area (Å²) in [6.45, 7) is 0. The number of anilines is 1. The molecule has 2 heterocycles. The van der Waals surface area contributed by atoms with Gasteiger partial charge in [0.25, 0.3) is 0 Å². The Bertz CT molecular complexity index is 897. The first-order valence-electron chi connectivity index (χ1n) is 9.16. The zero-order valence-corrected chi connectivity index (χ0v) is 15.2. The van der Waals surface area contributed by atoms with Gasteiger partial charge in [-0.05, 0) is 37.1 Å². The Morgan fingerprint density at radius 2 is 2.00 bits per heavy atom. The number of aromatic hydroxyl groups is 1. The molecule has 0 amide bonds. The molecule has 0 bridgehead atoms. The third-order valence-corrected chi connectivity index (χ3v) is 5.22. The van der Waals surface area contributed by atoms with E-state index in [1.54, 1.807) is 30.7 Å². The van der Waals surface area contributed by atoms with Crippen molar-refractivity contribution in [2.24, 2.45) is 0 Å². The third-order valence-electron chi connectivity index (χ3n) is 5.22. The summed E-state index contributed by atoms with van der Waals surface area (Å²) < 4.78 is 16.0. The molecule has 140 valence electrons. The monoisotopic (exact) mass is 367 g/mol. The molecular formula is C20H22FN5O. The second-order valence-electron chi connectivity index (χ2n) is 6.93. The fraction of sp³-hybridized carbons (Fsp3) is 0.350. The second kappa shape index (κ2) is 7.34. The minimum absolute atomic E-state index is 0.118. The van der Waals surface area contributed by atoms with Crippen molar-refractivity contribution in [3.05, 3.63) is 49.1 Å². The van der Waals surface area contributed by atoms with Gasteiger partial charge < -0.3 is 14.6 Å². The molecule has 0 saturated heterocycles. The zero-order valence-electron chi connectivity index (χ0n) is 15.2. The Balaban J connectivity index is 1.55. The maximum absolute atomic E-state index is 14.2. The SMILES string of the molecule is CN(c1ccc(-c2ccc(-n3ccnc3)cc2O)nn1)[C@@H]1CCCC[C@H]1F. The molecule has 1 fully saturated rings. The van der Waals surface area contributed by atoms with Crippen LogP contribution in [0.4, 0.5) is 10.2 Å². The zero-order chi connectivity index (χ0) is 18.8. The fourth-order valence-corrected chi connectivity index (χ4v) is 3.64. The first-order chi connectivity index (χ1) is 13.1. The normalized spacial score (nSPS) is 19.8. The van der Waals surface area contributed by atoms with Crippen molar-refractivity contribution < 1.29 is 9.50 Å². The Hall–Kier alpha value is -2.96. The molecule has 0 aliphatic heterocycles. The number of phenols is 1. The molecule has 27 heavy (non-hydrogen) atoms. The van der Waals surface area contributed by atoms with E-state index in [0.717, 1.165) is 24.9 Å². The minimum atomic E-state index is -0.829. The number of aromatic nitrogens is 4.